The first-order chi connectivity index (χ1) is 14.2. The van der Waals surface area contributed by atoms with Crippen LogP contribution >= 0.6 is 0 Å². The van der Waals surface area contributed by atoms with Gasteiger partial charge in [0, 0.05) is 11.4 Å². The predicted octanol–water partition coefficient (Wildman–Crippen LogP) is 8.06. The molecule has 0 heterocycles. The summed E-state index contributed by atoms with van der Waals surface area (Å²) in [6.07, 6.45) is 9.30. The lowest BCUT2D eigenvalue weighted by molar-refractivity contribution is 0.420. The third kappa shape index (κ3) is 5.17. The van der Waals surface area contributed by atoms with Gasteiger partial charge in [0.25, 0.3) is 0 Å². The fraction of sp³-hybridized carbons (Fsp3) is 0.286. The maximum absolute atomic E-state index is 3.51. The minimum absolute atomic E-state index is 0.699. The molecule has 1 nitrogen and oxygen atoms in total. The number of rotatable bonds is 5. The molecule has 0 aliphatic heterocycles. The van der Waals surface area contributed by atoms with Crippen LogP contribution in [0.5, 0.6) is 0 Å². The van der Waals surface area contributed by atoms with E-state index in [1.165, 1.54) is 59.9 Å². The highest BCUT2D eigenvalue weighted by Gasteiger charge is 2.14. The third-order valence-corrected chi connectivity index (χ3v) is 5.95. The third-order valence-electron chi connectivity index (χ3n) is 5.95. The van der Waals surface area contributed by atoms with Gasteiger partial charge >= 0.3 is 0 Å². The Kier molecular flexibility index (Phi) is 6.14. The topological polar surface area (TPSA) is 12.0 Å². The van der Waals surface area contributed by atoms with Gasteiger partial charge in [-0.2, -0.15) is 0 Å². The summed E-state index contributed by atoms with van der Waals surface area (Å²) in [6, 6.07) is 26.4. The van der Waals surface area contributed by atoms with E-state index in [1.54, 1.807) is 0 Å². The minimum Gasteiger partial charge on any atom is -0.356 e. The molecule has 3 aromatic carbocycles. The Morgan fingerprint density at radius 3 is 1.66 bits per heavy atom. The van der Waals surface area contributed by atoms with Gasteiger partial charge in [-0.1, -0.05) is 85.0 Å². The average molecular weight is 382 g/mol. The van der Waals surface area contributed by atoms with Crippen molar-refractivity contribution < 1.29 is 0 Å². The molecule has 0 radical (unpaired) electrons. The molecule has 1 fully saturated rings. The fourth-order valence-corrected chi connectivity index (χ4v) is 4.17. The first-order valence-electron chi connectivity index (χ1n) is 10.9. The Hall–Kier alpha value is -2.80. The van der Waals surface area contributed by atoms with Crippen molar-refractivity contribution in [2.24, 2.45) is 5.92 Å². The average Bonchev–Trinajstić information content (AvgIpc) is 2.76. The highest BCUT2D eigenvalue weighted by molar-refractivity contribution is 5.81. The molecule has 0 aromatic heterocycles. The highest BCUT2D eigenvalue weighted by atomic mass is 14.9. The molecule has 0 atom stereocenters. The molecule has 0 amide bonds. The first-order valence-corrected chi connectivity index (χ1v) is 10.9. The van der Waals surface area contributed by atoms with Crippen LogP contribution in [0.4, 0.5) is 11.4 Å². The molecule has 4 rings (SSSR count). The van der Waals surface area contributed by atoms with Crippen molar-refractivity contribution in [3.8, 4) is 0 Å². The van der Waals surface area contributed by atoms with E-state index < -0.39 is 0 Å². The minimum atomic E-state index is 0.699. The van der Waals surface area contributed by atoms with E-state index in [0.29, 0.717) is 5.92 Å². The Labute approximate surface area is 175 Å². The van der Waals surface area contributed by atoms with Gasteiger partial charge in [-0.25, -0.2) is 0 Å². The number of hydrogen-bond acceptors (Lipinski definition) is 1. The lowest BCUT2D eigenvalue weighted by Gasteiger charge is -2.20. The second kappa shape index (κ2) is 9.13. The normalized spacial score (nSPS) is 15.3. The second-order valence-electron chi connectivity index (χ2n) is 8.41. The lowest BCUT2D eigenvalue weighted by Crippen LogP contribution is -2.04. The number of allylic oxidation sites excluding steroid dienone is 1. The summed E-state index contributed by atoms with van der Waals surface area (Å²) in [5, 5.41) is 3.51. The van der Waals surface area contributed by atoms with Crippen LogP contribution in [0.3, 0.4) is 0 Å². The molecular formula is C28H31N. The van der Waals surface area contributed by atoms with Crippen LogP contribution < -0.4 is 5.32 Å². The van der Waals surface area contributed by atoms with Gasteiger partial charge in [0.05, 0.1) is 0 Å². The van der Waals surface area contributed by atoms with Crippen molar-refractivity contribution in [2.75, 3.05) is 5.32 Å². The van der Waals surface area contributed by atoms with Crippen molar-refractivity contribution in [3.63, 3.8) is 0 Å². The molecule has 1 heteroatoms. The van der Waals surface area contributed by atoms with E-state index in [-0.39, 0.29) is 0 Å². The summed E-state index contributed by atoms with van der Waals surface area (Å²) in [7, 11) is 0. The van der Waals surface area contributed by atoms with Crippen LogP contribution in [0.15, 0.2) is 78.9 Å². The standard InChI is InChI=1S/C28H31N/c1-21-8-12-24(13-9-21)28(20-23-6-4-3-5-7-23)25-14-18-27(19-15-25)29-26-16-10-22(2)11-17-26/h8-20,23,29H,3-7H2,1-2H3. The summed E-state index contributed by atoms with van der Waals surface area (Å²) < 4.78 is 0. The smallest absolute Gasteiger partial charge is 0.0384 e. The monoisotopic (exact) mass is 381 g/mol. The highest BCUT2D eigenvalue weighted by Crippen LogP contribution is 2.32. The van der Waals surface area contributed by atoms with Crippen molar-refractivity contribution in [2.45, 2.75) is 46.0 Å². The van der Waals surface area contributed by atoms with Crippen LogP contribution in [0.25, 0.3) is 5.57 Å². The van der Waals surface area contributed by atoms with Crippen molar-refractivity contribution in [1.29, 1.82) is 0 Å². The first kappa shape index (κ1) is 19.5. The van der Waals surface area contributed by atoms with E-state index in [1.807, 2.05) is 0 Å². The summed E-state index contributed by atoms with van der Waals surface area (Å²) in [6.45, 7) is 4.27. The molecule has 148 valence electrons. The van der Waals surface area contributed by atoms with E-state index >= 15 is 0 Å². The molecule has 0 spiro atoms. The van der Waals surface area contributed by atoms with Gasteiger partial charge in [-0.05, 0) is 73.6 Å². The van der Waals surface area contributed by atoms with Gasteiger partial charge in [0.15, 0.2) is 0 Å². The molecule has 1 aliphatic rings. The molecule has 0 saturated heterocycles. The van der Waals surface area contributed by atoms with Crippen molar-refractivity contribution in [3.05, 3.63) is 101 Å². The SMILES string of the molecule is Cc1ccc(Nc2ccc(C(=CC3CCCCC3)c3ccc(C)cc3)cc2)cc1. The summed E-state index contributed by atoms with van der Waals surface area (Å²) in [5.74, 6) is 0.699. The quantitative estimate of drug-likeness (QED) is 0.471. The van der Waals surface area contributed by atoms with Gasteiger partial charge in [0.2, 0.25) is 0 Å². The maximum Gasteiger partial charge on any atom is 0.0384 e. The number of benzene rings is 3. The molecule has 1 N–H and O–H groups in total. The summed E-state index contributed by atoms with van der Waals surface area (Å²) >= 11 is 0. The lowest BCUT2D eigenvalue weighted by atomic mass is 9.85. The Morgan fingerprint density at radius 1 is 0.655 bits per heavy atom. The Morgan fingerprint density at radius 2 is 1.10 bits per heavy atom. The Balaban J connectivity index is 1.60. The molecular weight excluding hydrogens is 350 g/mol. The van der Waals surface area contributed by atoms with Crippen LogP contribution in [0.2, 0.25) is 0 Å². The molecule has 1 saturated carbocycles. The second-order valence-corrected chi connectivity index (χ2v) is 8.41. The molecule has 29 heavy (non-hydrogen) atoms. The maximum atomic E-state index is 3.51. The van der Waals surface area contributed by atoms with E-state index in [9.17, 15) is 0 Å². The van der Waals surface area contributed by atoms with Crippen LogP contribution in [0, 0.1) is 19.8 Å². The van der Waals surface area contributed by atoms with E-state index in [0.717, 1.165) is 11.4 Å². The van der Waals surface area contributed by atoms with Gasteiger partial charge in [-0.3, -0.25) is 0 Å². The molecule has 0 unspecified atom stereocenters. The van der Waals surface area contributed by atoms with Gasteiger partial charge in [-0.15, -0.1) is 0 Å². The van der Waals surface area contributed by atoms with E-state index in [2.05, 4.69) is 98.0 Å². The van der Waals surface area contributed by atoms with Gasteiger partial charge < -0.3 is 5.32 Å². The van der Waals surface area contributed by atoms with E-state index in [4.69, 9.17) is 0 Å². The van der Waals surface area contributed by atoms with Gasteiger partial charge in [0.1, 0.15) is 0 Å². The van der Waals surface area contributed by atoms with Crippen molar-refractivity contribution in [1.82, 2.24) is 0 Å². The molecule has 0 bridgehead atoms. The zero-order chi connectivity index (χ0) is 20.1. The van der Waals surface area contributed by atoms with Crippen LogP contribution in [0.1, 0.15) is 54.4 Å². The summed E-state index contributed by atoms with van der Waals surface area (Å²) in [4.78, 5) is 0. The largest absolute Gasteiger partial charge is 0.356 e. The number of aryl methyl sites for hydroxylation is 2. The fourth-order valence-electron chi connectivity index (χ4n) is 4.17. The summed E-state index contributed by atoms with van der Waals surface area (Å²) in [5.41, 5.74) is 8.83. The number of anilines is 2. The number of nitrogens with one attached hydrogen (secondary N) is 1. The van der Waals surface area contributed by atoms with Crippen molar-refractivity contribution >= 4 is 16.9 Å². The number of hydrogen-bond donors (Lipinski definition) is 1. The molecule has 3 aromatic rings. The van der Waals surface area contributed by atoms with Crippen LogP contribution in [-0.2, 0) is 0 Å². The zero-order valence-electron chi connectivity index (χ0n) is 17.6. The Bertz CT molecular complexity index is 941. The van der Waals surface area contributed by atoms with Crippen LogP contribution in [-0.4, -0.2) is 0 Å². The molecule has 1 aliphatic carbocycles. The zero-order valence-corrected chi connectivity index (χ0v) is 17.6. The predicted molar refractivity (Wildman–Crippen MR) is 126 cm³/mol.